The van der Waals surface area contributed by atoms with Gasteiger partial charge in [0, 0.05) is 24.3 Å². The Morgan fingerprint density at radius 2 is 1.80 bits per heavy atom. The van der Waals surface area contributed by atoms with E-state index in [2.05, 4.69) is 30.9 Å². The van der Waals surface area contributed by atoms with Gasteiger partial charge >= 0.3 is 0 Å². The van der Waals surface area contributed by atoms with Crippen LogP contribution in [0.15, 0.2) is 24.3 Å². The van der Waals surface area contributed by atoms with Crippen molar-refractivity contribution in [1.29, 1.82) is 0 Å². The second-order valence-electron chi connectivity index (χ2n) is 4.22. The van der Waals surface area contributed by atoms with Crippen LogP contribution in [0.3, 0.4) is 0 Å². The highest BCUT2D eigenvalue weighted by molar-refractivity contribution is 5.57. The lowest BCUT2D eigenvalue weighted by Gasteiger charge is -2.25. The van der Waals surface area contributed by atoms with Crippen molar-refractivity contribution in [3.05, 3.63) is 29.8 Å². The standard InChI is InChI=1S/C13H19NO/c1-3-14(4-2)12-8-6-5-7-11(12)13(15)9-10-13/h5-8,15H,3-4,9-10H2,1-2H3. The Hall–Kier alpha value is -1.02. The van der Waals surface area contributed by atoms with Crippen molar-refractivity contribution in [1.82, 2.24) is 0 Å². The highest BCUT2D eigenvalue weighted by Gasteiger charge is 2.43. The lowest BCUT2D eigenvalue weighted by molar-refractivity contribution is 0.152. The molecule has 0 heterocycles. The van der Waals surface area contributed by atoms with E-state index in [1.54, 1.807) is 0 Å². The van der Waals surface area contributed by atoms with Crippen LogP contribution in [0.4, 0.5) is 5.69 Å². The Labute approximate surface area is 91.5 Å². The normalized spacial score (nSPS) is 17.5. The SMILES string of the molecule is CCN(CC)c1ccccc1C1(O)CC1. The van der Waals surface area contributed by atoms with E-state index in [1.165, 1.54) is 5.69 Å². The van der Waals surface area contributed by atoms with Crippen LogP contribution in [0.25, 0.3) is 0 Å². The number of aliphatic hydroxyl groups is 1. The summed E-state index contributed by atoms with van der Waals surface area (Å²) >= 11 is 0. The van der Waals surface area contributed by atoms with E-state index in [-0.39, 0.29) is 0 Å². The van der Waals surface area contributed by atoms with Gasteiger partial charge in [-0.1, -0.05) is 18.2 Å². The maximum Gasteiger partial charge on any atom is 0.0918 e. The summed E-state index contributed by atoms with van der Waals surface area (Å²) in [7, 11) is 0. The van der Waals surface area contributed by atoms with Crippen LogP contribution in [-0.2, 0) is 5.60 Å². The van der Waals surface area contributed by atoms with Gasteiger partial charge in [0.2, 0.25) is 0 Å². The summed E-state index contributed by atoms with van der Waals surface area (Å²) in [6.07, 6.45) is 1.82. The molecule has 0 aromatic heterocycles. The van der Waals surface area contributed by atoms with Crippen LogP contribution < -0.4 is 4.90 Å². The molecule has 0 spiro atoms. The quantitative estimate of drug-likeness (QED) is 0.816. The Kier molecular flexibility index (Phi) is 2.70. The zero-order valence-electron chi connectivity index (χ0n) is 9.53. The highest BCUT2D eigenvalue weighted by atomic mass is 16.3. The van der Waals surface area contributed by atoms with Gasteiger partial charge in [0.1, 0.15) is 0 Å². The number of para-hydroxylation sites is 1. The fourth-order valence-corrected chi connectivity index (χ4v) is 2.09. The molecular weight excluding hydrogens is 186 g/mol. The number of benzene rings is 1. The van der Waals surface area contributed by atoms with Gasteiger partial charge in [0.05, 0.1) is 5.60 Å². The summed E-state index contributed by atoms with van der Waals surface area (Å²) in [4.78, 5) is 2.30. The Morgan fingerprint density at radius 1 is 1.20 bits per heavy atom. The Balaban J connectivity index is 2.37. The number of rotatable bonds is 4. The predicted molar refractivity (Wildman–Crippen MR) is 63.1 cm³/mol. The summed E-state index contributed by atoms with van der Waals surface area (Å²) in [5.41, 5.74) is 1.77. The molecule has 82 valence electrons. The molecule has 0 atom stereocenters. The molecule has 2 rings (SSSR count). The zero-order chi connectivity index (χ0) is 10.9. The molecule has 0 bridgehead atoms. The molecule has 0 saturated heterocycles. The van der Waals surface area contributed by atoms with Gasteiger partial charge in [-0.15, -0.1) is 0 Å². The van der Waals surface area contributed by atoms with Crippen LogP contribution >= 0.6 is 0 Å². The number of nitrogens with zero attached hydrogens (tertiary/aromatic N) is 1. The lowest BCUT2D eigenvalue weighted by atomic mass is 10.0. The Morgan fingerprint density at radius 3 is 2.33 bits per heavy atom. The first-order chi connectivity index (χ1) is 7.21. The number of anilines is 1. The van der Waals surface area contributed by atoms with Gasteiger partial charge in [-0.3, -0.25) is 0 Å². The maximum absolute atomic E-state index is 10.2. The molecule has 1 saturated carbocycles. The first-order valence-corrected chi connectivity index (χ1v) is 5.78. The summed E-state index contributed by atoms with van der Waals surface area (Å²) in [5.74, 6) is 0. The van der Waals surface area contributed by atoms with Crippen molar-refractivity contribution in [2.24, 2.45) is 0 Å². The fraction of sp³-hybridized carbons (Fsp3) is 0.538. The van der Waals surface area contributed by atoms with Crippen molar-refractivity contribution < 1.29 is 5.11 Å². The number of hydrogen-bond acceptors (Lipinski definition) is 2. The third-order valence-electron chi connectivity index (χ3n) is 3.23. The van der Waals surface area contributed by atoms with Crippen molar-refractivity contribution in [3.63, 3.8) is 0 Å². The lowest BCUT2D eigenvalue weighted by Crippen LogP contribution is -2.24. The van der Waals surface area contributed by atoms with Crippen LogP contribution in [0, 0.1) is 0 Å². The van der Waals surface area contributed by atoms with Crippen molar-refractivity contribution in [2.75, 3.05) is 18.0 Å². The molecule has 0 amide bonds. The van der Waals surface area contributed by atoms with Crippen molar-refractivity contribution >= 4 is 5.69 Å². The molecule has 1 aromatic rings. The van der Waals surface area contributed by atoms with E-state index >= 15 is 0 Å². The second kappa shape index (κ2) is 3.86. The molecule has 1 fully saturated rings. The van der Waals surface area contributed by atoms with Gasteiger partial charge in [0.25, 0.3) is 0 Å². The second-order valence-corrected chi connectivity index (χ2v) is 4.22. The van der Waals surface area contributed by atoms with Crippen LogP contribution in [0.5, 0.6) is 0 Å². The largest absolute Gasteiger partial charge is 0.385 e. The minimum atomic E-state index is -0.529. The number of hydrogen-bond donors (Lipinski definition) is 1. The highest BCUT2D eigenvalue weighted by Crippen LogP contribution is 2.48. The predicted octanol–water partition coefficient (Wildman–Crippen LogP) is 2.51. The summed E-state index contributed by atoms with van der Waals surface area (Å²) in [6.45, 7) is 6.28. The maximum atomic E-state index is 10.2. The smallest absolute Gasteiger partial charge is 0.0918 e. The van der Waals surface area contributed by atoms with Gasteiger partial charge in [-0.2, -0.15) is 0 Å². The molecule has 1 aliphatic carbocycles. The molecule has 1 N–H and O–H groups in total. The van der Waals surface area contributed by atoms with Crippen LogP contribution in [0.1, 0.15) is 32.3 Å². The first-order valence-electron chi connectivity index (χ1n) is 5.78. The molecule has 1 aliphatic rings. The molecular formula is C13H19NO. The van der Waals surface area contributed by atoms with Crippen molar-refractivity contribution in [2.45, 2.75) is 32.3 Å². The third kappa shape index (κ3) is 1.86. The van der Waals surface area contributed by atoms with Crippen molar-refractivity contribution in [3.8, 4) is 0 Å². The van der Waals surface area contributed by atoms with Gasteiger partial charge in [-0.05, 0) is 32.8 Å². The minimum Gasteiger partial charge on any atom is -0.385 e. The summed E-state index contributed by atoms with van der Waals surface area (Å²) in [6, 6.07) is 8.22. The van der Waals surface area contributed by atoms with Gasteiger partial charge in [-0.25, -0.2) is 0 Å². The zero-order valence-corrected chi connectivity index (χ0v) is 9.53. The van der Waals surface area contributed by atoms with E-state index in [0.717, 1.165) is 31.5 Å². The molecule has 0 aliphatic heterocycles. The molecule has 15 heavy (non-hydrogen) atoms. The van der Waals surface area contributed by atoms with E-state index in [0.29, 0.717) is 0 Å². The van der Waals surface area contributed by atoms with Gasteiger partial charge in [0.15, 0.2) is 0 Å². The molecule has 0 unspecified atom stereocenters. The molecule has 2 nitrogen and oxygen atoms in total. The van der Waals surface area contributed by atoms with Gasteiger partial charge < -0.3 is 10.0 Å². The minimum absolute atomic E-state index is 0.529. The Bertz CT molecular complexity index is 340. The molecule has 2 heteroatoms. The van der Waals surface area contributed by atoms with E-state index < -0.39 is 5.60 Å². The average molecular weight is 205 g/mol. The van der Waals surface area contributed by atoms with E-state index in [4.69, 9.17) is 0 Å². The van der Waals surface area contributed by atoms with Crippen LogP contribution in [-0.4, -0.2) is 18.2 Å². The first kappa shape index (κ1) is 10.5. The topological polar surface area (TPSA) is 23.5 Å². The monoisotopic (exact) mass is 205 g/mol. The average Bonchev–Trinajstić information content (AvgIpc) is 3.00. The van der Waals surface area contributed by atoms with E-state index in [1.807, 2.05) is 12.1 Å². The van der Waals surface area contributed by atoms with E-state index in [9.17, 15) is 5.11 Å². The third-order valence-corrected chi connectivity index (χ3v) is 3.23. The van der Waals surface area contributed by atoms with Crippen LogP contribution in [0.2, 0.25) is 0 Å². The fourth-order valence-electron chi connectivity index (χ4n) is 2.09. The molecule has 0 radical (unpaired) electrons. The summed E-state index contributed by atoms with van der Waals surface area (Å²) in [5, 5.41) is 10.2. The summed E-state index contributed by atoms with van der Waals surface area (Å²) < 4.78 is 0. The molecule has 1 aromatic carbocycles.